The Balaban J connectivity index is 3.29. The van der Waals surface area contributed by atoms with Crippen LogP contribution in [0, 0.1) is 0 Å². The molecule has 0 radical (unpaired) electrons. The molecule has 0 aromatic heterocycles. The van der Waals surface area contributed by atoms with Crippen LogP contribution in [-0.2, 0) is 30.9 Å². The first-order chi connectivity index (χ1) is 13.7. The second-order valence-electron chi connectivity index (χ2n) is 6.72. The smallest absolute Gasteiger partial charge is 0.307 e. The Morgan fingerprint density at radius 2 is 1.76 bits per heavy atom. The largest absolute Gasteiger partial charge is 0.430 e. The molecule has 0 bridgehead atoms. The zero-order valence-corrected chi connectivity index (χ0v) is 18.9. The lowest BCUT2D eigenvalue weighted by atomic mass is 10.1. The third kappa shape index (κ3) is 7.10. The average molecular weight is 424 g/mol. The van der Waals surface area contributed by atoms with Crippen LogP contribution in [0.3, 0.4) is 0 Å². The summed E-state index contributed by atoms with van der Waals surface area (Å²) in [5.74, 6) is -0.453. The van der Waals surface area contributed by atoms with Crippen molar-refractivity contribution in [3.8, 4) is 0 Å². The number of sulfonamides is 1. The summed E-state index contributed by atoms with van der Waals surface area (Å²) in [5.41, 5.74) is 1.56. The van der Waals surface area contributed by atoms with Gasteiger partial charge in [-0.05, 0) is 31.4 Å². The van der Waals surface area contributed by atoms with Crippen molar-refractivity contribution in [3.05, 3.63) is 59.9 Å². The van der Waals surface area contributed by atoms with Gasteiger partial charge in [0.2, 0.25) is 10.0 Å². The number of esters is 1. The van der Waals surface area contributed by atoms with E-state index >= 15 is 0 Å². The SMILES string of the molecule is C=CCC(OCc1ccccc1)/C(C)=C(/OC(C)=O)C(C)S(=O)(=O)N(CC)CC. The van der Waals surface area contributed by atoms with Gasteiger partial charge in [0.25, 0.3) is 0 Å². The number of carbonyl (C=O) groups is 1. The van der Waals surface area contributed by atoms with Gasteiger partial charge < -0.3 is 9.47 Å². The first kappa shape index (κ1) is 25.1. The number of hydrogen-bond donors (Lipinski definition) is 0. The summed E-state index contributed by atoms with van der Waals surface area (Å²) >= 11 is 0. The quantitative estimate of drug-likeness (QED) is 0.288. The van der Waals surface area contributed by atoms with Crippen molar-refractivity contribution >= 4 is 16.0 Å². The van der Waals surface area contributed by atoms with Crippen molar-refractivity contribution in [2.75, 3.05) is 13.1 Å². The molecule has 2 unspecified atom stereocenters. The molecule has 0 aliphatic heterocycles. The molecule has 0 saturated heterocycles. The molecule has 0 spiro atoms. The Morgan fingerprint density at radius 3 is 2.24 bits per heavy atom. The molecule has 0 fully saturated rings. The number of nitrogens with zero attached hydrogens (tertiary/aromatic N) is 1. The molecule has 0 aliphatic rings. The molecule has 2 atom stereocenters. The van der Waals surface area contributed by atoms with E-state index in [1.54, 1.807) is 26.8 Å². The first-order valence-corrected chi connectivity index (χ1v) is 11.3. The van der Waals surface area contributed by atoms with Gasteiger partial charge in [0.05, 0.1) is 12.7 Å². The predicted molar refractivity (Wildman–Crippen MR) is 116 cm³/mol. The van der Waals surface area contributed by atoms with Gasteiger partial charge in [-0.25, -0.2) is 12.7 Å². The van der Waals surface area contributed by atoms with Crippen LogP contribution in [0.1, 0.15) is 46.6 Å². The molecule has 0 saturated carbocycles. The van der Waals surface area contributed by atoms with E-state index in [0.717, 1.165) is 5.56 Å². The summed E-state index contributed by atoms with van der Waals surface area (Å²) in [6.45, 7) is 12.9. The number of ether oxygens (including phenoxy) is 2. The Labute approximate surface area is 175 Å². The topological polar surface area (TPSA) is 72.9 Å². The predicted octanol–water partition coefficient (Wildman–Crippen LogP) is 4.05. The number of hydrogen-bond acceptors (Lipinski definition) is 5. The fourth-order valence-corrected chi connectivity index (χ4v) is 4.70. The third-order valence-corrected chi connectivity index (χ3v) is 7.03. The van der Waals surface area contributed by atoms with Crippen LogP contribution in [0.2, 0.25) is 0 Å². The van der Waals surface area contributed by atoms with E-state index in [4.69, 9.17) is 9.47 Å². The molecule has 0 N–H and O–H groups in total. The van der Waals surface area contributed by atoms with Crippen molar-refractivity contribution in [1.29, 1.82) is 0 Å². The molecule has 162 valence electrons. The van der Waals surface area contributed by atoms with Crippen LogP contribution < -0.4 is 0 Å². The van der Waals surface area contributed by atoms with Crippen LogP contribution in [-0.4, -0.2) is 43.1 Å². The van der Waals surface area contributed by atoms with Crippen LogP contribution in [0.4, 0.5) is 0 Å². The summed E-state index contributed by atoms with van der Waals surface area (Å²) in [5, 5.41) is -1.01. The minimum atomic E-state index is -3.69. The van der Waals surface area contributed by atoms with Crippen molar-refractivity contribution < 1.29 is 22.7 Å². The molecule has 1 aromatic carbocycles. The Bertz CT molecular complexity index is 798. The van der Waals surface area contributed by atoms with Crippen molar-refractivity contribution in [3.63, 3.8) is 0 Å². The Hall–Kier alpha value is -1.96. The summed E-state index contributed by atoms with van der Waals surface area (Å²) in [4.78, 5) is 11.7. The standard InChI is InChI=1S/C22H33NO5S/c1-7-13-21(27-16-20-14-11-10-12-15-20)17(4)22(28-19(6)24)18(5)29(25,26)23(8-2)9-3/h7,10-12,14-15,18,21H,1,8-9,13,16H2,2-6H3/b22-17+. The van der Waals surface area contributed by atoms with Gasteiger partial charge >= 0.3 is 5.97 Å². The maximum atomic E-state index is 13.0. The van der Waals surface area contributed by atoms with Gasteiger partial charge in [0.15, 0.2) is 0 Å². The average Bonchev–Trinajstić information content (AvgIpc) is 2.69. The Morgan fingerprint density at radius 1 is 1.17 bits per heavy atom. The summed E-state index contributed by atoms with van der Waals surface area (Å²) in [6.07, 6.45) is 1.70. The van der Waals surface area contributed by atoms with E-state index < -0.39 is 27.3 Å². The highest BCUT2D eigenvalue weighted by molar-refractivity contribution is 7.89. The fourth-order valence-electron chi connectivity index (χ4n) is 3.03. The summed E-state index contributed by atoms with van der Waals surface area (Å²) in [6, 6.07) is 9.67. The lowest BCUT2D eigenvalue weighted by molar-refractivity contribution is -0.137. The lowest BCUT2D eigenvalue weighted by Gasteiger charge is -2.27. The highest BCUT2D eigenvalue weighted by Crippen LogP contribution is 2.26. The van der Waals surface area contributed by atoms with Crippen LogP contribution in [0.5, 0.6) is 0 Å². The third-order valence-electron chi connectivity index (χ3n) is 4.68. The molecule has 1 aromatic rings. The van der Waals surface area contributed by atoms with Crippen molar-refractivity contribution in [2.24, 2.45) is 0 Å². The van der Waals surface area contributed by atoms with Crippen LogP contribution in [0.15, 0.2) is 54.3 Å². The number of carbonyl (C=O) groups excluding carboxylic acids is 1. The lowest BCUT2D eigenvalue weighted by Crippen LogP contribution is -2.39. The highest BCUT2D eigenvalue weighted by atomic mass is 32.2. The second kappa shape index (κ2) is 11.9. The van der Waals surface area contributed by atoms with Gasteiger partial charge in [-0.3, -0.25) is 4.79 Å². The summed E-state index contributed by atoms with van der Waals surface area (Å²) in [7, 11) is -3.69. The van der Waals surface area contributed by atoms with E-state index in [2.05, 4.69) is 6.58 Å². The minimum absolute atomic E-state index is 0.115. The highest BCUT2D eigenvalue weighted by Gasteiger charge is 2.34. The molecule has 29 heavy (non-hydrogen) atoms. The Kier molecular flexibility index (Phi) is 10.3. The molecule has 1 rings (SSSR count). The van der Waals surface area contributed by atoms with Gasteiger partial charge in [-0.1, -0.05) is 50.3 Å². The zero-order chi connectivity index (χ0) is 22.0. The molecule has 6 nitrogen and oxygen atoms in total. The molecule has 0 heterocycles. The molecule has 7 heteroatoms. The van der Waals surface area contributed by atoms with Crippen molar-refractivity contribution in [2.45, 2.75) is 59.0 Å². The zero-order valence-electron chi connectivity index (χ0n) is 18.1. The van der Waals surface area contributed by atoms with E-state index in [9.17, 15) is 13.2 Å². The molecule has 0 aliphatic carbocycles. The van der Waals surface area contributed by atoms with Crippen LogP contribution >= 0.6 is 0 Å². The van der Waals surface area contributed by atoms with E-state index in [-0.39, 0.29) is 5.76 Å². The van der Waals surface area contributed by atoms with Gasteiger partial charge in [0, 0.05) is 20.0 Å². The minimum Gasteiger partial charge on any atom is -0.430 e. The maximum Gasteiger partial charge on any atom is 0.307 e. The van der Waals surface area contributed by atoms with E-state index in [1.165, 1.54) is 18.2 Å². The fraction of sp³-hybridized carbons (Fsp3) is 0.500. The van der Waals surface area contributed by atoms with Gasteiger partial charge in [0.1, 0.15) is 11.0 Å². The van der Waals surface area contributed by atoms with Gasteiger partial charge in [-0.2, -0.15) is 0 Å². The monoisotopic (exact) mass is 423 g/mol. The van der Waals surface area contributed by atoms with E-state index in [0.29, 0.717) is 31.7 Å². The second-order valence-corrected chi connectivity index (χ2v) is 8.98. The number of benzene rings is 1. The van der Waals surface area contributed by atoms with Crippen molar-refractivity contribution in [1.82, 2.24) is 4.31 Å². The van der Waals surface area contributed by atoms with Crippen LogP contribution in [0.25, 0.3) is 0 Å². The first-order valence-electron chi connectivity index (χ1n) is 9.83. The molecular formula is C22H33NO5S. The number of rotatable bonds is 12. The molecular weight excluding hydrogens is 390 g/mol. The maximum absolute atomic E-state index is 13.0. The van der Waals surface area contributed by atoms with Gasteiger partial charge in [-0.15, -0.1) is 6.58 Å². The molecule has 0 amide bonds. The normalized spacial score (nSPS) is 14.8. The van der Waals surface area contributed by atoms with E-state index in [1.807, 2.05) is 30.3 Å². The summed E-state index contributed by atoms with van der Waals surface area (Å²) < 4.78 is 38.8.